The van der Waals surface area contributed by atoms with E-state index in [1.54, 1.807) is 61.5 Å². The second-order valence-electron chi connectivity index (χ2n) is 8.33. The molecule has 0 unspecified atom stereocenters. The predicted octanol–water partition coefficient (Wildman–Crippen LogP) is 4.00. The number of methoxy groups -OCH3 is 1. The SMILES string of the molecule is COc1cccc(/C=C2\C(=O)NC(=O)N(c3ccccc3C)C2=O)c1OCC(=O)Nc1ccc(C)cc1. The maximum Gasteiger partial charge on any atom is 0.335 e. The van der Waals surface area contributed by atoms with Gasteiger partial charge in [0.15, 0.2) is 18.1 Å². The van der Waals surface area contributed by atoms with E-state index in [4.69, 9.17) is 9.47 Å². The first-order valence-electron chi connectivity index (χ1n) is 11.4. The van der Waals surface area contributed by atoms with Crippen molar-refractivity contribution < 1.29 is 28.7 Å². The molecule has 0 bridgehead atoms. The van der Waals surface area contributed by atoms with Crippen LogP contribution < -0.4 is 25.0 Å². The van der Waals surface area contributed by atoms with Gasteiger partial charge in [-0.25, -0.2) is 9.69 Å². The first-order chi connectivity index (χ1) is 17.8. The van der Waals surface area contributed by atoms with Crippen LogP contribution in [0.15, 0.2) is 72.3 Å². The van der Waals surface area contributed by atoms with E-state index in [-0.39, 0.29) is 17.9 Å². The summed E-state index contributed by atoms with van der Waals surface area (Å²) in [6.07, 6.45) is 1.31. The molecule has 0 spiro atoms. The smallest absolute Gasteiger partial charge is 0.335 e. The van der Waals surface area contributed by atoms with Crippen LogP contribution in [0.5, 0.6) is 11.5 Å². The van der Waals surface area contributed by atoms with Gasteiger partial charge in [-0.3, -0.25) is 19.7 Å². The fraction of sp³-hybridized carbons (Fsp3) is 0.143. The molecule has 1 aliphatic rings. The summed E-state index contributed by atoms with van der Waals surface area (Å²) in [5.74, 6) is -1.57. The minimum Gasteiger partial charge on any atom is -0.493 e. The molecule has 1 fully saturated rings. The summed E-state index contributed by atoms with van der Waals surface area (Å²) in [5.41, 5.74) is 2.77. The van der Waals surface area contributed by atoms with E-state index >= 15 is 0 Å². The second-order valence-corrected chi connectivity index (χ2v) is 8.33. The van der Waals surface area contributed by atoms with Crippen molar-refractivity contribution >= 4 is 41.2 Å². The second kappa shape index (κ2) is 10.8. The van der Waals surface area contributed by atoms with E-state index in [2.05, 4.69) is 10.6 Å². The third-order valence-corrected chi connectivity index (χ3v) is 5.67. The number of barbiturate groups is 1. The normalized spacial score (nSPS) is 14.4. The van der Waals surface area contributed by atoms with E-state index in [0.717, 1.165) is 10.5 Å². The topological polar surface area (TPSA) is 114 Å². The van der Waals surface area contributed by atoms with Crippen molar-refractivity contribution in [2.45, 2.75) is 13.8 Å². The van der Waals surface area contributed by atoms with Crippen LogP contribution in [0.1, 0.15) is 16.7 Å². The summed E-state index contributed by atoms with van der Waals surface area (Å²) in [5, 5.41) is 4.95. The van der Waals surface area contributed by atoms with Gasteiger partial charge >= 0.3 is 6.03 Å². The molecule has 0 aliphatic carbocycles. The van der Waals surface area contributed by atoms with E-state index in [9.17, 15) is 19.2 Å². The Morgan fingerprint density at radius 2 is 1.70 bits per heavy atom. The van der Waals surface area contributed by atoms with Crippen molar-refractivity contribution in [3.63, 3.8) is 0 Å². The molecule has 37 heavy (non-hydrogen) atoms. The molecule has 4 rings (SSSR count). The van der Waals surface area contributed by atoms with Crippen LogP contribution in [0.3, 0.4) is 0 Å². The zero-order valence-electron chi connectivity index (χ0n) is 20.5. The fourth-order valence-corrected chi connectivity index (χ4v) is 3.78. The first kappa shape index (κ1) is 25.2. The van der Waals surface area contributed by atoms with Gasteiger partial charge in [-0.15, -0.1) is 0 Å². The summed E-state index contributed by atoms with van der Waals surface area (Å²) >= 11 is 0. The van der Waals surface area contributed by atoms with Gasteiger partial charge < -0.3 is 14.8 Å². The Labute approximate surface area is 213 Å². The minimum atomic E-state index is -0.842. The Bertz CT molecular complexity index is 1410. The molecule has 0 saturated carbocycles. The standard InChI is InChI=1S/C28H25N3O6/c1-17-11-13-20(14-12-17)29-24(32)16-37-25-19(8-6-10-23(25)36-3)15-21-26(33)30-28(35)31(27(21)34)22-9-5-4-7-18(22)2/h4-15H,16H2,1-3H3,(H,29,32)(H,30,33,35)/b21-15+. The zero-order valence-corrected chi connectivity index (χ0v) is 20.5. The molecule has 9 nitrogen and oxygen atoms in total. The Kier molecular flexibility index (Phi) is 7.34. The van der Waals surface area contributed by atoms with Crippen molar-refractivity contribution in [2.75, 3.05) is 23.9 Å². The van der Waals surface area contributed by atoms with Crippen LogP contribution in [0.4, 0.5) is 16.2 Å². The summed E-state index contributed by atoms with van der Waals surface area (Å²) < 4.78 is 11.2. The number of nitrogens with zero attached hydrogens (tertiary/aromatic N) is 1. The summed E-state index contributed by atoms with van der Waals surface area (Å²) in [4.78, 5) is 51.9. The van der Waals surface area contributed by atoms with Crippen molar-refractivity contribution in [3.05, 3.63) is 89.0 Å². The summed E-state index contributed by atoms with van der Waals surface area (Å²) in [7, 11) is 1.43. The Morgan fingerprint density at radius 1 is 0.973 bits per heavy atom. The quantitative estimate of drug-likeness (QED) is 0.375. The maximum atomic E-state index is 13.3. The molecule has 1 heterocycles. The van der Waals surface area contributed by atoms with Crippen molar-refractivity contribution in [2.24, 2.45) is 0 Å². The lowest BCUT2D eigenvalue weighted by Crippen LogP contribution is -2.54. The molecule has 3 aromatic carbocycles. The summed E-state index contributed by atoms with van der Waals surface area (Å²) in [6, 6.07) is 18.2. The van der Waals surface area contributed by atoms with Crippen LogP contribution in [0.2, 0.25) is 0 Å². The maximum absolute atomic E-state index is 13.3. The highest BCUT2D eigenvalue weighted by atomic mass is 16.5. The third-order valence-electron chi connectivity index (χ3n) is 5.67. The monoisotopic (exact) mass is 499 g/mol. The van der Waals surface area contributed by atoms with Gasteiger partial charge in [0, 0.05) is 11.3 Å². The lowest BCUT2D eigenvalue weighted by Gasteiger charge is -2.27. The summed E-state index contributed by atoms with van der Waals surface area (Å²) in [6.45, 7) is 3.35. The number of urea groups is 1. The van der Waals surface area contributed by atoms with Gasteiger partial charge in [-0.2, -0.15) is 0 Å². The van der Waals surface area contributed by atoms with Gasteiger partial charge in [-0.05, 0) is 49.8 Å². The zero-order chi connectivity index (χ0) is 26.5. The first-order valence-corrected chi connectivity index (χ1v) is 11.4. The highest BCUT2D eigenvalue weighted by molar-refractivity contribution is 6.39. The number of hydrogen-bond donors (Lipinski definition) is 2. The van der Waals surface area contributed by atoms with Gasteiger partial charge in [0.2, 0.25) is 0 Å². The van der Waals surface area contributed by atoms with E-state index in [0.29, 0.717) is 28.3 Å². The lowest BCUT2D eigenvalue weighted by molar-refractivity contribution is -0.122. The van der Waals surface area contributed by atoms with Crippen LogP contribution in [0, 0.1) is 13.8 Å². The number of para-hydroxylation sites is 2. The third kappa shape index (κ3) is 5.51. The highest BCUT2D eigenvalue weighted by Gasteiger charge is 2.37. The number of nitrogens with one attached hydrogen (secondary N) is 2. The molecule has 3 aromatic rings. The Hall–Kier alpha value is -4.92. The number of imide groups is 2. The molecule has 1 aliphatic heterocycles. The molecule has 5 amide bonds. The van der Waals surface area contributed by atoms with Gasteiger partial charge in [0.1, 0.15) is 5.57 Å². The van der Waals surface area contributed by atoms with Crippen LogP contribution >= 0.6 is 0 Å². The Morgan fingerprint density at radius 3 is 2.41 bits per heavy atom. The molecule has 0 aromatic heterocycles. The molecular formula is C28H25N3O6. The number of amides is 5. The lowest BCUT2D eigenvalue weighted by atomic mass is 10.0. The number of carbonyl (C=O) groups is 4. The molecular weight excluding hydrogens is 474 g/mol. The molecule has 1 saturated heterocycles. The number of carbonyl (C=O) groups excluding carboxylic acids is 4. The number of benzene rings is 3. The molecule has 2 N–H and O–H groups in total. The number of hydrogen-bond acceptors (Lipinski definition) is 6. The number of ether oxygens (including phenoxy) is 2. The molecule has 9 heteroatoms. The van der Waals surface area contributed by atoms with Crippen LogP contribution in [-0.4, -0.2) is 37.5 Å². The molecule has 0 atom stereocenters. The average molecular weight is 500 g/mol. The predicted molar refractivity (Wildman–Crippen MR) is 138 cm³/mol. The van der Waals surface area contributed by atoms with Gasteiger partial charge in [0.25, 0.3) is 17.7 Å². The van der Waals surface area contributed by atoms with Crippen molar-refractivity contribution in [3.8, 4) is 11.5 Å². The molecule has 188 valence electrons. The largest absolute Gasteiger partial charge is 0.493 e. The van der Waals surface area contributed by atoms with Crippen LogP contribution in [-0.2, 0) is 14.4 Å². The van der Waals surface area contributed by atoms with E-state index in [1.165, 1.54) is 13.2 Å². The average Bonchev–Trinajstić information content (AvgIpc) is 2.87. The Balaban J connectivity index is 1.62. The number of aryl methyl sites for hydroxylation is 2. The fourth-order valence-electron chi connectivity index (χ4n) is 3.78. The van der Waals surface area contributed by atoms with E-state index < -0.39 is 23.8 Å². The molecule has 0 radical (unpaired) electrons. The highest BCUT2D eigenvalue weighted by Crippen LogP contribution is 2.34. The van der Waals surface area contributed by atoms with Gasteiger partial charge in [0.05, 0.1) is 12.8 Å². The number of rotatable bonds is 7. The minimum absolute atomic E-state index is 0.163. The number of anilines is 2. The van der Waals surface area contributed by atoms with Crippen LogP contribution in [0.25, 0.3) is 6.08 Å². The van der Waals surface area contributed by atoms with Gasteiger partial charge in [-0.1, -0.05) is 48.0 Å². The van der Waals surface area contributed by atoms with Crippen molar-refractivity contribution in [1.82, 2.24) is 5.32 Å². The van der Waals surface area contributed by atoms with E-state index in [1.807, 2.05) is 19.1 Å². The van der Waals surface area contributed by atoms with Crippen molar-refractivity contribution in [1.29, 1.82) is 0 Å².